The summed E-state index contributed by atoms with van der Waals surface area (Å²) in [5.74, 6) is 0.566. The largest absolute Gasteiger partial charge is 0.487 e. The maximum Gasteiger partial charge on any atom is 0.251 e. The molecule has 1 aromatic carbocycles. The Balaban J connectivity index is 1.60. The molecule has 0 spiro atoms. The van der Waals surface area contributed by atoms with Crippen LogP contribution in [0.5, 0.6) is 5.75 Å². The lowest BCUT2D eigenvalue weighted by Crippen LogP contribution is -2.26. The van der Waals surface area contributed by atoms with Crippen LogP contribution in [0.3, 0.4) is 0 Å². The number of aromatic nitrogens is 2. The van der Waals surface area contributed by atoms with Crippen molar-refractivity contribution in [2.45, 2.75) is 20.0 Å². The highest BCUT2D eigenvalue weighted by Crippen LogP contribution is 2.16. The summed E-state index contributed by atoms with van der Waals surface area (Å²) < 4.78 is 7.81. The van der Waals surface area contributed by atoms with Crippen LogP contribution in [-0.4, -0.2) is 35.4 Å². The number of amides is 1. The average molecular weight is 352 g/mol. The first-order valence-corrected chi connectivity index (χ1v) is 8.75. The van der Waals surface area contributed by atoms with Crippen molar-refractivity contribution in [3.8, 4) is 5.75 Å². The topological polar surface area (TPSA) is 67.7 Å². The molecule has 1 amide bonds. The third-order valence-corrected chi connectivity index (χ3v) is 4.02. The highest BCUT2D eigenvalue weighted by atomic mass is 16.5. The van der Waals surface area contributed by atoms with Gasteiger partial charge in [0.25, 0.3) is 5.91 Å². The van der Waals surface area contributed by atoms with Gasteiger partial charge in [-0.05, 0) is 56.8 Å². The van der Waals surface area contributed by atoms with E-state index >= 15 is 0 Å². The number of nitrogens with one attached hydrogen (secondary N) is 2. The van der Waals surface area contributed by atoms with Gasteiger partial charge >= 0.3 is 0 Å². The van der Waals surface area contributed by atoms with Crippen molar-refractivity contribution in [1.82, 2.24) is 20.0 Å². The number of pyridine rings is 1. The van der Waals surface area contributed by atoms with Gasteiger partial charge in [-0.3, -0.25) is 4.79 Å². The summed E-state index contributed by atoms with van der Waals surface area (Å²) in [7, 11) is 1.90. The Morgan fingerprint density at radius 2 is 2.08 bits per heavy atom. The van der Waals surface area contributed by atoms with E-state index in [1.54, 1.807) is 12.1 Å². The molecule has 0 aliphatic rings. The minimum Gasteiger partial charge on any atom is -0.487 e. The average Bonchev–Trinajstić information content (AvgIpc) is 3.05. The molecule has 0 bridgehead atoms. The first-order valence-electron chi connectivity index (χ1n) is 8.75. The van der Waals surface area contributed by atoms with Crippen LogP contribution in [-0.2, 0) is 6.61 Å². The lowest BCUT2D eigenvalue weighted by Gasteiger charge is -2.08. The van der Waals surface area contributed by atoms with Gasteiger partial charge in [0.1, 0.15) is 18.0 Å². The van der Waals surface area contributed by atoms with Gasteiger partial charge in [-0.2, -0.15) is 0 Å². The lowest BCUT2D eigenvalue weighted by atomic mass is 10.2. The van der Waals surface area contributed by atoms with Crippen molar-refractivity contribution in [3.63, 3.8) is 0 Å². The van der Waals surface area contributed by atoms with Gasteiger partial charge in [0.2, 0.25) is 0 Å². The van der Waals surface area contributed by atoms with Gasteiger partial charge in [-0.25, -0.2) is 4.98 Å². The van der Waals surface area contributed by atoms with E-state index in [2.05, 4.69) is 15.6 Å². The number of hydrogen-bond acceptors (Lipinski definition) is 4. The zero-order valence-electron chi connectivity index (χ0n) is 15.2. The van der Waals surface area contributed by atoms with Crippen molar-refractivity contribution in [1.29, 1.82) is 0 Å². The van der Waals surface area contributed by atoms with Crippen molar-refractivity contribution in [2.75, 3.05) is 20.1 Å². The van der Waals surface area contributed by atoms with Crippen molar-refractivity contribution in [3.05, 3.63) is 65.6 Å². The standard InChI is InChI=1S/C20H24N4O2/c1-15-7-8-19-23-17(13-24(19)12-15)14-26-18-6-3-5-16(11-18)20(25)22-10-4-9-21-2/h3,5-8,11-13,21H,4,9-10,14H2,1-2H3,(H,22,25). The SMILES string of the molecule is CNCCCNC(=O)c1cccc(OCc2cn3cc(C)ccc3n2)c1. The van der Waals surface area contributed by atoms with Crippen molar-refractivity contribution in [2.24, 2.45) is 0 Å². The van der Waals surface area contributed by atoms with Gasteiger partial charge in [0.05, 0.1) is 5.69 Å². The molecule has 3 aromatic rings. The maximum atomic E-state index is 12.2. The Bertz CT molecular complexity index is 888. The summed E-state index contributed by atoms with van der Waals surface area (Å²) in [6, 6.07) is 11.2. The van der Waals surface area contributed by atoms with E-state index in [0.29, 0.717) is 24.5 Å². The summed E-state index contributed by atoms with van der Waals surface area (Å²) in [4.78, 5) is 16.7. The summed E-state index contributed by atoms with van der Waals surface area (Å²) >= 11 is 0. The van der Waals surface area contributed by atoms with Gasteiger partial charge in [-0.15, -0.1) is 0 Å². The fraction of sp³-hybridized carbons (Fsp3) is 0.300. The van der Waals surface area contributed by atoms with Crippen LogP contribution in [0.15, 0.2) is 48.8 Å². The zero-order valence-corrected chi connectivity index (χ0v) is 15.2. The molecule has 0 unspecified atom stereocenters. The molecule has 0 saturated carbocycles. The van der Waals surface area contributed by atoms with E-state index in [-0.39, 0.29) is 5.91 Å². The minimum absolute atomic E-state index is 0.0882. The zero-order chi connectivity index (χ0) is 18.4. The number of fused-ring (bicyclic) bond motifs is 1. The molecule has 26 heavy (non-hydrogen) atoms. The van der Waals surface area contributed by atoms with Crippen LogP contribution < -0.4 is 15.4 Å². The summed E-state index contributed by atoms with van der Waals surface area (Å²) in [5.41, 5.74) is 3.51. The van der Waals surface area contributed by atoms with E-state index in [4.69, 9.17) is 4.74 Å². The number of nitrogens with zero attached hydrogens (tertiary/aromatic N) is 2. The molecule has 0 atom stereocenters. The highest BCUT2D eigenvalue weighted by Gasteiger charge is 2.07. The Morgan fingerprint density at radius 1 is 1.19 bits per heavy atom. The maximum absolute atomic E-state index is 12.2. The molecule has 0 aliphatic heterocycles. The quantitative estimate of drug-likeness (QED) is 0.612. The van der Waals surface area contributed by atoms with Crippen LogP contribution in [0.1, 0.15) is 28.0 Å². The minimum atomic E-state index is -0.0882. The Morgan fingerprint density at radius 3 is 2.92 bits per heavy atom. The molecule has 2 aromatic heterocycles. The monoisotopic (exact) mass is 352 g/mol. The fourth-order valence-electron chi connectivity index (χ4n) is 2.68. The van der Waals surface area contributed by atoms with Gasteiger partial charge < -0.3 is 19.8 Å². The summed E-state index contributed by atoms with van der Waals surface area (Å²) in [6.45, 7) is 3.92. The molecular weight excluding hydrogens is 328 g/mol. The number of rotatable bonds is 8. The van der Waals surface area contributed by atoms with E-state index in [1.165, 1.54) is 5.56 Å². The number of hydrogen-bond donors (Lipinski definition) is 2. The van der Waals surface area contributed by atoms with Crippen LogP contribution in [0.25, 0.3) is 5.65 Å². The van der Waals surface area contributed by atoms with E-state index in [0.717, 1.165) is 24.3 Å². The van der Waals surface area contributed by atoms with E-state index in [9.17, 15) is 4.79 Å². The molecule has 0 fully saturated rings. The molecule has 2 N–H and O–H groups in total. The number of benzene rings is 1. The Kier molecular flexibility index (Phi) is 5.86. The molecule has 0 radical (unpaired) electrons. The van der Waals surface area contributed by atoms with Gasteiger partial charge in [-0.1, -0.05) is 12.1 Å². The number of aryl methyl sites for hydroxylation is 1. The predicted octanol–water partition coefficient (Wildman–Crippen LogP) is 2.56. The number of carbonyl (C=O) groups excluding carboxylic acids is 1. The first kappa shape index (κ1) is 17.9. The second kappa shape index (κ2) is 8.49. The van der Waals surface area contributed by atoms with Crippen LogP contribution in [0.2, 0.25) is 0 Å². The lowest BCUT2D eigenvalue weighted by molar-refractivity contribution is 0.0953. The molecule has 2 heterocycles. The Labute approximate surface area is 153 Å². The van der Waals surface area contributed by atoms with Crippen LogP contribution in [0.4, 0.5) is 0 Å². The molecule has 3 rings (SSSR count). The highest BCUT2D eigenvalue weighted by molar-refractivity contribution is 5.94. The molecule has 6 nitrogen and oxygen atoms in total. The third-order valence-electron chi connectivity index (χ3n) is 4.02. The molecular formula is C20H24N4O2. The Hall–Kier alpha value is -2.86. The normalized spacial score (nSPS) is 10.8. The van der Waals surface area contributed by atoms with E-state index in [1.807, 2.05) is 55.0 Å². The third kappa shape index (κ3) is 4.61. The predicted molar refractivity (Wildman–Crippen MR) is 102 cm³/mol. The second-order valence-corrected chi connectivity index (χ2v) is 6.23. The molecule has 6 heteroatoms. The van der Waals surface area contributed by atoms with Crippen LogP contribution >= 0.6 is 0 Å². The number of imidazole rings is 1. The number of ether oxygens (including phenoxy) is 1. The van der Waals surface area contributed by atoms with Crippen molar-refractivity contribution < 1.29 is 9.53 Å². The smallest absolute Gasteiger partial charge is 0.251 e. The summed E-state index contributed by atoms with van der Waals surface area (Å²) in [5, 5.41) is 5.96. The van der Waals surface area contributed by atoms with Gasteiger partial charge in [0, 0.05) is 24.5 Å². The molecule has 136 valence electrons. The second-order valence-electron chi connectivity index (χ2n) is 6.23. The van der Waals surface area contributed by atoms with E-state index < -0.39 is 0 Å². The fourth-order valence-corrected chi connectivity index (χ4v) is 2.68. The summed E-state index contributed by atoms with van der Waals surface area (Å²) in [6.07, 6.45) is 4.89. The van der Waals surface area contributed by atoms with Gasteiger partial charge in [0.15, 0.2) is 0 Å². The number of carbonyl (C=O) groups is 1. The molecule has 0 saturated heterocycles. The molecule has 0 aliphatic carbocycles. The van der Waals surface area contributed by atoms with Crippen molar-refractivity contribution >= 4 is 11.6 Å². The first-order chi connectivity index (χ1) is 12.7. The van der Waals surface area contributed by atoms with Crippen LogP contribution in [0, 0.1) is 6.92 Å².